The van der Waals surface area contributed by atoms with Gasteiger partial charge in [-0.15, -0.1) is 0 Å². The highest BCUT2D eigenvalue weighted by atomic mass is 35.5. The quantitative estimate of drug-likeness (QED) is 0.360. The Morgan fingerprint density at radius 2 is 1.81 bits per heavy atom. The molecule has 3 aromatic heterocycles. The Morgan fingerprint density at radius 3 is 2.51 bits per heavy atom. The molecule has 5 rings (SSSR count). The summed E-state index contributed by atoms with van der Waals surface area (Å²) in [4.78, 5) is 35.0. The lowest BCUT2D eigenvalue weighted by Crippen LogP contribution is -2.39. The number of rotatable bonds is 7. The van der Waals surface area contributed by atoms with Gasteiger partial charge in [0.05, 0.1) is 39.2 Å². The first-order chi connectivity index (χ1) is 17.9. The zero-order chi connectivity index (χ0) is 25.9. The number of nitrogens with one attached hydrogen (secondary N) is 2. The predicted molar refractivity (Wildman–Crippen MR) is 147 cm³/mol. The second kappa shape index (κ2) is 10.8. The summed E-state index contributed by atoms with van der Waals surface area (Å²) in [5, 5.41) is 6.79. The number of halogens is 1. The molecule has 0 spiro atoms. The number of imidazole rings is 1. The van der Waals surface area contributed by atoms with Crippen molar-refractivity contribution in [2.75, 3.05) is 11.9 Å². The van der Waals surface area contributed by atoms with Crippen molar-refractivity contribution in [2.45, 2.75) is 52.1 Å². The van der Waals surface area contributed by atoms with E-state index in [0.29, 0.717) is 28.7 Å². The van der Waals surface area contributed by atoms with E-state index in [2.05, 4.69) is 20.6 Å². The highest BCUT2D eigenvalue weighted by molar-refractivity contribution is 6.30. The van der Waals surface area contributed by atoms with Gasteiger partial charge >= 0.3 is 5.69 Å². The van der Waals surface area contributed by atoms with E-state index >= 15 is 0 Å². The van der Waals surface area contributed by atoms with Crippen LogP contribution in [0.1, 0.15) is 48.7 Å². The lowest BCUT2D eigenvalue weighted by molar-refractivity contribution is 0.0919. The van der Waals surface area contributed by atoms with Gasteiger partial charge in [0.25, 0.3) is 5.91 Å². The van der Waals surface area contributed by atoms with Gasteiger partial charge in [0.15, 0.2) is 0 Å². The Hall–Kier alpha value is -3.65. The van der Waals surface area contributed by atoms with Gasteiger partial charge in [-0.25, -0.2) is 9.78 Å². The Bertz CT molecular complexity index is 1470. The first-order valence-electron chi connectivity index (χ1n) is 12.8. The molecule has 1 aromatic carbocycles. The number of benzene rings is 1. The van der Waals surface area contributed by atoms with Gasteiger partial charge < -0.3 is 10.6 Å². The molecule has 0 radical (unpaired) electrons. The molecule has 9 heteroatoms. The van der Waals surface area contributed by atoms with Crippen LogP contribution in [0.15, 0.2) is 59.7 Å². The number of nitrogens with zero attached hydrogens (tertiary/aromatic N) is 4. The number of aromatic nitrogens is 4. The van der Waals surface area contributed by atoms with Gasteiger partial charge in [0, 0.05) is 25.3 Å². The third-order valence-electron chi connectivity index (χ3n) is 7.12. The molecular formula is C28H31ClN6O2. The van der Waals surface area contributed by atoms with Crippen molar-refractivity contribution in [3.8, 4) is 5.69 Å². The number of hydrogen-bond acceptors (Lipinski definition) is 5. The summed E-state index contributed by atoms with van der Waals surface area (Å²) >= 11 is 6.04. The van der Waals surface area contributed by atoms with Gasteiger partial charge in [0.1, 0.15) is 5.82 Å². The molecule has 3 heterocycles. The zero-order valence-electron chi connectivity index (χ0n) is 21.1. The minimum absolute atomic E-state index is 0.0569. The number of hydrogen-bond donors (Lipinski definition) is 2. The molecule has 0 aliphatic heterocycles. The van der Waals surface area contributed by atoms with Crippen LogP contribution in [0.25, 0.3) is 16.7 Å². The summed E-state index contributed by atoms with van der Waals surface area (Å²) in [6.07, 6.45) is 6.89. The third-order valence-corrected chi connectivity index (χ3v) is 7.33. The third kappa shape index (κ3) is 5.25. The number of fused-ring (bicyclic) bond motifs is 1. The number of anilines is 1. The maximum absolute atomic E-state index is 13.6. The molecule has 1 amide bonds. The van der Waals surface area contributed by atoms with E-state index in [-0.39, 0.29) is 17.6 Å². The lowest BCUT2D eigenvalue weighted by atomic mass is 9.85. The van der Waals surface area contributed by atoms with Crippen molar-refractivity contribution in [3.63, 3.8) is 0 Å². The number of amides is 1. The minimum atomic E-state index is -0.135. The number of pyridine rings is 2. The van der Waals surface area contributed by atoms with Crippen LogP contribution < -0.4 is 16.3 Å². The number of carbonyl (C=O) groups excluding carboxylic acids is 1. The lowest BCUT2D eigenvalue weighted by Gasteiger charge is -2.29. The monoisotopic (exact) mass is 518 g/mol. The van der Waals surface area contributed by atoms with Gasteiger partial charge in [-0.2, -0.15) is 0 Å². The summed E-state index contributed by atoms with van der Waals surface area (Å²) in [5.41, 5.74) is 3.66. The van der Waals surface area contributed by atoms with E-state index < -0.39 is 0 Å². The molecule has 192 valence electrons. The molecule has 0 bridgehead atoms. The van der Waals surface area contributed by atoms with Crippen LogP contribution in [0, 0.1) is 12.8 Å². The molecule has 1 aliphatic carbocycles. The molecule has 1 aliphatic rings. The van der Waals surface area contributed by atoms with E-state index in [1.807, 2.05) is 54.8 Å². The van der Waals surface area contributed by atoms with E-state index in [1.54, 1.807) is 23.0 Å². The fraction of sp³-hybridized carbons (Fsp3) is 0.357. The fourth-order valence-corrected chi connectivity index (χ4v) is 5.34. The van der Waals surface area contributed by atoms with Crippen molar-refractivity contribution in [1.29, 1.82) is 0 Å². The highest BCUT2D eigenvalue weighted by Crippen LogP contribution is 2.28. The molecule has 4 aromatic rings. The Morgan fingerprint density at radius 1 is 1.05 bits per heavy atom. The maximum Gasteiger partial charge on any atom is 0.333 e. The first kappa shape index (κ1) is 25.0. The molecule has 0 atom stereocenters. The maximum atomic E-state index is 13.6. The van der Waals surface area contributed by atoms with Gasteiger partial charge in [-0.05, 0) is 75.8 Å². The second-order valence-electron chi connectivity index (χ2n) is 9.63. The average Bonchev–Trinajstić information content (AvgIpc) is 3.18. The van der Waals surface area contributed by atoms with Crippen LogP contribution in [0.2, 0.25) is 5.02 Å². The van der Waals surface area contributed by atoms with Crippen molar-refractivity contribution in [3.05, 3.63) is 81.6 Å². The van der Waals surface area contributed by atoms with Crippen LogP contribution in [-0.4, -0.2) is 37.6 Å². The summed E-state index contributed by atoms with van der Waals surface area (Å²) < 4.78 is 3.63. The Labute approximate surface area is 220 Å². The van der Waals surface area contributed by atoms with E-state index in [1.165, 1.54) is 0 Å². The zero-order valence-corrected chi connectivity index (χ0v) is 21.8. The minimum Gasteiger partial charge on any atom is -0.370 e. The molecule has 1 saturated carbocycles. The highest BCUT2D eigenvalue weighted by Gasteiger charge is 2.25. The number of para-hydroxylation sites is 2. The van der Waals surface area contributed by atoms with E-state index in [0.717, 1.165) is 54.8 Å². The Balaban J connectivity index is 1.30. The van der Waals surface area contributed by atoms with Gasteiger partial charge in [-0.1, -0.05) is 23.7 Å². The molecular weight excluding hydrogens is 488 g/mol. The normalized spacial score (nSPS) is 17.6. The van der Waals surface area contributed by atoms with E-state index in [9.17, 15) is 9.59 Å². The molecule has 8 nitrogen and oxygen atoms in total. The largest absolute Gasteiger partial charge is 0.370 e. The summed E-state index contributed by atoms with van der Waals surface area (Å²) in [6, 6.07) is 13.5. The second-order valence-corrected chi connectivity index (χ2v) is 10.1. The summed E-state index contributed by atoms with van der Waals surface area (Å²) in [5.74, 6) is 1.01. The first-order valence-corrected chi connectivity index (χ1v) is 13.2. The van der Waals surface area contributed by atoms with Gasteiger partial charge in [0.2, 0.25) is 0 Å². The van der Waals surface area contributed by atoms with Crippen molar-refractivity contribution in [2.24, 2.45) is 5.92 Å². The summed E-state index contributed by atoms with van der Waals surface area (Å²) in [7, 11) is 0. The van der Waals surface area contributed by atoms with Crippen LogP contribution in [0.4, 0.5) is 5.82 Å². The summed E-state index contributed by atoms with van der Waals surface area (Å²) in [6.45, 7) is 5.26. The van der Waals surface area contributed by atoms with Crippen molar-refractivity contribution < 1.29 is 4.79 Å². The fourth-order valence-electron chi connectivity index (χ4n) is 5.19. The predicted octanol–water partition coefficient (Wildman–Crippen LogP) is 4.96. The molecule has 37 heavy (non-hydrogen) atoms. The molecule has 1 fully saturated rings. The van der Waals surface area contributed by atoms with Crippen molar-refractivity contribution >= 4 is 34.4 Å². The molecule has 2 N–H and O–H groups in total. The van der Waals surface area contributed by atoms with Crippen LogP contribution >= 0.6 is 11.6 Å². The SMILES string of the molecule is CCNc1ccc(-n2c(=O)n(C[C@H]3CC[C@H](NC(=O)c4cc(Cl)cnc4C)CC3)c3ccccc32)cn1. The molecule has 0 saturated heterocycles. The number of carbonyl (C=O) groups is 1. The van der Waals surface area contributed by atoms with Gasteiger partial charge in [-0.3, -0.25) is 18.9 Å². The van der Waals surface area contributed by atoms with E-state index in [4.69, 9.17) is 11.6 Å². The smallest absolute Gasteiger partial charge is 0.333 e. The number of aryl methyl sites for hydroxylation is 1. The van der Waals surface area contributed by atoms with Crippen LogP contribution in [0.5, 0.6) is 0 Å². The van der Waals surface area contributed by atoms with Crippen molar-refractivity contribution in [1.82, 2.24) is 24.4 Å². The standard InChI is InChI=1S/C28H31ClN6O2/c1-3-30-26-13-12-22(16-32-26)35-25-7-5-4-6-24(25)34(28(35)37)17-19-8-10-21(11-9-19)33-27(36)23-14-20(29)15-31-18(23)2/h4-7,12-16,19,21H,3,8-11,17H2,1-2H3,(H,30,32)(H,33,36)/t19-,21-. The molecule has 0 unspecified atom stereocenters. The average molecular weight is 519 g/mol. The van der Waals surface area contributed by atoms with Crippen LogP contribution in [-0.2, 0) is 6.54 Å². The topological polar surface area (TPSA) is 93.8 Å². The van der Waals surface area contributed by atoms with Crippen LogP contribution in [0.3, 0.4) is 0 Å². The Kier molecular flexibility index (Phi) is 7.28.